The average molecular weight is 402 g/mol. The van der Waals surface area contributed by atoms with Gasteiger partial charge in [-0.15, -0.1) is 0 Å². The van der Waals surface area contributed by atoms with Crippen LogP contribution in [0.1, 0.15) is 60.3 Å². The molecule has 30 heavy (non-hydrogen) atoms. The monoisotopic (exact) mass is 402 g/mol. The summed E-state index contributed by atoms with van der Waals surface area (Å²) >= 11 is 0. The Bertz CT molecular complexity index is 1080. The van der Waals surface area contributed by atoms with Crippen LogP contribution in [0.2, 0.25) is 0 Å². The normalized spacial score (nSPS) is 18.9. The van der Waals surface area contributed by atoms with Crippen molar-refractivity contribution in [2.75, 3.05) is 11.4 Å². The summed E-state index contributed by atoms with van der Waals surface area (Å²) < 4.78 is 7.79. The summed E-state index contributed by atoms with van der Waals surface area (Å²) in [5, 5.41) is 4.70. The highest BCUT2D eigenvalue weighted by molar-refractivity contribution is 6.07. The van der Waals surface area contributed by atoms with Crippen molar-refractivity contribution < 1.29 is 9.53 Å². The number of aromatic nitrogens is 3. The van der Waals surface area contributed by atoms with Crippen LogP contribution in [0.4, 0.5) is 5.69 Å². The first-order valence-corrected chi connectivity index (χ1v) is 10.7. The molecule has 0 radical (unpaired) electrons. The fraction of sp³-hybridized carbons (Fsp3) is 0.375. The average Bonchev–Trinajstić information content (AvgIpc) is 3.45. The minimum atomic E-state index is -0.0602. The van der Waals surface area contributed by atoms with Crippen molar-refractivity contribution in [3.63, 3.8) is 0 Å². The predicted molar refractivity (Wildman–Crippen MR) is 116 cm³/mol. The molecule has 0 bridgehead atoms. The topological polar surface area (TPSA) is 60.2 Å². The van der Waals surface area contributed by atoms with Crippen LogP contribution in [0.15, 0.2) is 48.8 Å². The summed E-state index contributed by atoms with van der Waals surface area (Å²) in [6.45, 7) is 4.52. The van der Waals surface area contributed by atoms with E-state index in [-0.39, 0.29) is 12.0 Å². The van der Waals surface area contributed by atoms with Crippen LogP contribution >= 0.6 is 0 Å². The molecule has 5 rings (SSSR count). The van der Waals surface area contributed by atoms with Gasteiger partial charge in [-0.25, -0.2) is 9.67 Å². The van der Waals surface area contributed by atoms with Gasteiger partial charge < -0.3 is 9.64 Å². The van der Waals surface area contributed by atoms with Crippen molar-refractivity contribution in [1.82, 2.24) is 14.8 Å². The van der Waals surface area contributed by atoms with Crippen molar-refractivity contribution in [1.29, 1.82) is 0 Å². The zero-order valence-electron chi connectivity index (χ0n) is 17.4. The summed E-state index contributed by atoms with van der Waals surface area (Å²) in [5.41, 5.74) is 3.34. The van der Waals surface area contributed by atoms with Crippen molar-refractivity contribution in [2.24, 2.45) is 0 Å². The smallest absolute Gasteiger partial charge is 0.258 e. The second kappa shape index (κ2) is 7.59. The number of aryl methyl sites for hydroxylation is 1. The van der Waals surface area contributed by atoms with Gasteiger partial charge in [0.25, 0.3) is 5.91 Å². The van der Waals surface area contributed by atoms with E-state index >= 15 is 0 Å². The summed E-state index contributed by atoms with van der Waals surface area (Å²) in [5.74, 6) is 2.13. The van der Waals surface area contributed by atoms with E-state index in [1.165, 1.54) is 12.8 Å². The third kappa shape index (κ3) is 3.36. The molecule has 0 unspecified atom stereocenters. The first kappa shape index (κ1) is 18.9. The van der Waals surface area contributed by atoms with Gasteiger partial charge in [-0.05, 0) is 56.5 Å². The molecule has 1 amide bonds. The van der Waals surface area contributed by atoms with Crippen LogP contribution in [0.3, 0.4) is 0 Å². The molecule has 2 heterocycles. The number of amides is 1. The number of ether oxygens (including phenoxy) is 1. The van der Waals surface area contributed by atoms with Gasteiger partial charge in [0.2, 0.25) is 0 Å². The number of carbonyl (C=O) groups excluding carboxylic acids is 1. The van der Waals surface area contributed by atoms with Crippen LogP contribution in [0.5, 0.6) is 5.75 Å². The lowest BCUT2D eigenvalue weighted by molar-refractivity contribution is 0.0961. The molecule has 1 fully saturated rings. The molecule has 6 heteroatoms. The maximum absolute atomic E-state index is 13.4. The Morgan fingerprint density at radius 1 is 1.13 bits per heavy atom. The second-order valence-electron chi connectivity index (χ2n) is 8.35. The Morgan fingerprint density at radius 3 is 2.77 bits per heavy atom. The number of para-hydroxylation sites is 1. The number of benzene rings is 2. The van der Waals surface area contributed by atoms with E-state index < -0.39 is 0 Å². The molecule has 1 atom stereocenters. The predicted octanol–water partition coefficient (Wildman–Crippen LogP) is 4.66. The molecule has 1 saturated carbocycles. The molecule has 6 nitrogen and oxygen atoms in total. The number of fused-ring (bicyclic) bond motifs is 1. The summed E-state index contributed by atoms with van der Waals surface area (Å²) in [7, 11) is 0. The van der Waals surface area contributed by atoms with Crippen LogP contribution in [0.25, 0.3) is 5.69 Å². The molecule has 2 aliphatic rings. The van der Waals surface area contributed by atoms with E-state index in [4.69, 9.17) is 9.84 Å². The maximum Gasteiger partial charge on any atom is 0.258 e. The van der Waals surface area contributed by atoms with Crippen molar-refractivity contribution in [3.8, 4) is 11.4 Å². The van der Waals surface area contributed by atoms with Gasteiger partial charge in [0.1, 0.15) is 18.2 Å². The zero-order valence-corrected chi connectivity index (χ0v) is 17.4. The van der Waals surface area contributed by atoms with Gasteiger partial charge in [-0.1, -0.05) is 31.0 Å². The standard InChI is InChI=1S/C24H26N4O2/c1-16-7-5-12-21-22(16)30-17(2)14-27(21)24(29)19-10-6-11-20(13-19)28-15-25-23(26-28)18-8-3-4-9-18/h5-7,10-13,15,17-18H,3-4,8-9,14H2,1-2H3/t17-/m0/s1. The minimum Gasteiger partial charge on any atom is -0.486 e. The molecule has 1 aliphatic heterocycles. The summed E-state index contributed by atoms with van der Waals surface area (Å²) in [6, 6.07) is 13.5. The van der Waals surface area contributed by atoms with Gasteiger partial charge in [-0.3, -0.25) is 4.79 Å². The lowest BCUT2D eigenvalue weighted by atomic mass is 10.1. The van der Waals surface area contributed by atoms with Crippen LogP contribution in [-0.4, -0.2) is 33.3 Å². The number of anilines is 1. The highest BCUT2D eigenvalue weighted by Gasteiger charge is 2.29. The van der Waals surface area contributed by atoms with E-state index in [9.17, 15) is 4.79 Å². The summed E-state index contributed by atoms with van der Waals surface area (Å²) in [4.78, 5) is 19.8. The highest BCUT2D eigenvalue weighted by Crippen LogP contribution is 2.37. The third-order valence-electron chi connectivity index (χ3n) is 6.07. The molecule has 1 aromatic heterocycles. The number of hydrogen-bond acceptors (Lipinski definition) is 4. The fourth-order valence-electron chi connectivity index (χ4n) is 4.50. The molecule has 154 valence electrons. The number of rotatable bonds is 3. The Balaban J connectivity index is 1.45. The lowest BCUT2D eigenvalue weighted by Crippen LogP contribution is -2.42. The molecular weight excluding hydrogens is 376 g/mol. The van der Waals surface area contributed by atoms with Gasteiger partial charge in [0.15, 0.2) is 5.82 Å². The second-order valence-corrected chi connectivity index (χ2v) is 8.35. The number of nitrogens with zero attached hydrogens (tertiary/aromatic N) is 4. The Hall–Kier alpha value is -3.15. The quantitative estimate of drug-likeness (QED) is 0.639. The van der Waals surface area contributed by atoms with Crippen LogP contribution in [0, 0.1) is 6.92 Å². The molecule has 3 aromatic rings. The van der Waals surface area contributed by atoms with Gasteiger partial charge in [-0.2, -0.15) is 5.10 Å². The summed E-state index contributed by atoms with van der Waals surface area (Å²) in [6.07, 6.45) is 6.53. The van der Waals surface area contributed by atoms with Gasteiger partial charge >= 0.3 is 0 Å². The molecule has 2 aromatic carbocycles. The minimum absolute atomic E-state index is 0.0324. The van der Waals surface area contributed by atoms with Crippen molar-refractivity contribution in [3.05, 3.63) is 65.7 Å². The lowest BCUT2D eigenvalue weighted by Gasteiger charge is -2.34. The van der Waals surface area contributed by atoms with Crippen LogP contribution in [-0.2, 0) is 0 Å². The number of hydrogen-bond donors (Lipinski definition) is 0. The largest absolute Gasteiger partial charge is 0.486 e. The molecule has 0 N–H and O–H groups in total. The van der Waals surface area contributed by atoms with E-state index in [0.717, 1.165) is 41.4 Å². The Kier molecular flexibility index (Phi) is 4.77. The first-order valence-electron chi connectivity index (χ1n) is 10.7. The first-order chi connectivity index (χ1) is 14.6. The van der Waals surface area contributed by atoms with E-state index in [1.54, 1.807) is 11.0 Å². The zero-order chi connectivity index (χ0) is 20.7. The van der Waals surface area contributed by atoms with Gasteiger partial charge in [0.05, 0.1) is 17.9 Å². The molecule has 0 saturated heterocycles. The van der Waals surface area contributed by atoms with Crippen molar-refractivity contribution in [2.45, 2.75) is 51.6 Å². The maximum atomic E-state index is 13.4. The molecule has 1 aliphatic carbocycles. The fourth-order valence-corrected chi connectivity index (χ4v) is 4.50. The highest BCUT2D eigenvalue weighted by atomic mass is 16.5. The SMILES string of the molecule is Cc1cccc2c1O[C@@H](C)CN2C(=O)c1cccc(-n2cnc(C3CCCC3)n2)c1. The van der Waals surface area contributed by atoms with E-state index in [0.29, 0.717) is 18.0 Å². The molecule has 0 spiro atoms. The van der Waals surface area contributed by atoms with E-state index in [1.807, 2.05) is 61.2 Å². The molecular formula is C24H26N4O2. The number of carbonyl (C=O) groups is 1. The Morgan fingerprint density at radius 2 is 1.93 bits per heavy atom. The Labute approximate surface area is 176 Å². The van der Waals surface area contributed by atoms with Gasteiger partial charge in [0, 0.05) is 11.5 Å². The van der Waals surface area contributed by atoms with Crippen LogP contribution < -0.4 is 9.64 Å². The third-order valence-corrected chi connectivity index (χ3v) is 6.07. The van der Waals surface area contributed by atoms with E-state index in [2.05, 4.69) is 4.98 Å². The van der Waals surface area contributed by atoms with Crippen molar-refractivity contribution >= 4 is 11.6 Å².